The van der Waals surface area contributed by atoms with Crippen LogP contribution in [0, 0.1) is 0 Å². The number of hydrogen-bond acceptors (Lipinski definition) is 5. The van der Waals surface area contributed by atoms with E-state index in [0.29, 0.717) is 41.3 Å². The molecule has 32 heavy (non-hydrogen) atoms. The molecule has 0 fully saturated rings. The van der Waals surface area contributed by atoms with Crippen LogP contribution in [-0.4, -0.2) is 28.6 Å². The Kier molecular flexibility index (Phi) is 8.52. The summed E-state index contributed by atoms with van der Waals surface area (Å²) in [6, 6.07) is 7.30. The monoisotopic (exact) mass is 627 g/mol. The van der Waals surface area contributed by atoms with E-state index >= 15 is 0 Å². The first-order valence-electron chi connectivity index (χ1n) is 10.4. The van der Waals surface area contributed by atoms with Crippen LogP contribution < -0.4 is 15.0 Å². The van der Waals surface area contributed by atoms with Gasteiger partial charge in [-0.05, 0) is 76.4 Å². The molecule has 9 heteroatoms. The second-order valence-electron chi connectivity index (χ2n) is 7.10. The molecular weight excluding hydrogens is 606 g/mol. The van der Waals surface area contributed by atoms with E-state index in [2.05, 4.69) is 64.8 Å². The van der Waals surface area contributed by atoms with Crippen molar-refractivity contribution in [3.05, 3.63) is 59.4 Å². The van der Waals surface area contributed by atoms with Gasteiger partial charge >= 0.3 is 0 Å². The molecule has 1 aromatic heterocycles. The summed E-state index contributed by atoms with van der Waals surface area (Å²) in [7, 11) is 0. The van der Waals surface area contributed by atoms with Crippen LogP contribution in [0.15, 0.2) is 47.6 Å². The molecule has 2 aromatic carbocycles. The van der Waals surface area contributed by atoms with Crippen molar-refractivity contribution >= 4 is 64.9 Å². The van der Waals surface area contributed by atoms with Crippen molar-refractivity contribution in [2.45, 2.75) is 46.6 Å². The summed E-state index contributed by atoms with van der Waals surface area (Å²) in [4.78, 5) is 17.7. The Hall–Kier alpha value is -1.71. The van der Waals surface area contributed by atoms with Gasteiger partial charge in [0.1, 0.15) is 5.82 Å². The molecule has 0 aliphatic rings. The lowest BCUT2D eigenvalue weighted by molar-refractivity contribution is 0.201. The Balaban J connectivity index is 2.12. The van der Waals surface area contributed by atoms with Gasteiger partial charge < -0.3 is 9.47 Å². The van der Waals surface area contributed by atoms with Gasteiger partial charge in [0.2, 0.25) is 0 Å². The van der Waals surface area contributed by atoms with Gasteiger partial charge in [0, 0.05) is 20.9 Å². The topological polar surface area (TPSA) is 65.7 Å². The van der Waals surface area contributed by atoms with Crippen LogP contribution in [0.1, 0.15) is 45.5 Å². The summed E-state index contributed by atoms with van der Waals surface area (Å²) in [5, 5.41) is 4.99. The average molecular weight is 630 g/mol. The molecule has 1 heterocycles. The number of benzene rings is 2. The van der Waals surface area contributed by atoms with E-state index in [1.54, 1.807) is 12.3 Å². The highest BCUT2D eigenvalue weighted by atomic mass is 79.9. The lowest BCUT2D eigenvalue weighted by Gasteiger charge is -2.19. The van der Waals surface area contributed by atoms with Gasteiger partial charge in [-0.3, -0.25) is 4.79 Å². The van der Waals surface area contributed by atoms with Crippen molar-refractivity contribution < 1.29 is 9.47 Å². The molecule has 3 rings (SSSR count). The summed E-state index contributed by atoms with van der Waals surface area (Å²) >= 11 is 10.7. The molecule has 6 nitrogen and oxygen atoms in total. The van der Waals surface area contributed by atoms with E-state index < -0.39 is 0 Å². The summed E-state index contributed by atoms with van der Waals surface area (Å²) in [6.07, 6.45) is 3.09. The van der Waals surface area contributed by atoms with E-state index in [-0.39, 0.29) is 11.7 Å². The molecule has 0 spiro atoms. The van der Waals surface area contributed by atoms with Gasteiger partial charge in [0.15, 0.2) is 11.5 Å². The van der Waals surface area contributed by atoms with Crippen molar-refractivity contribution in [1.29, 1.82) is 0 Å². The molecule has 3 aromatic rings. The summed E-state index contributed by atoms with van der Waals surface area (Å²) in [5.41, 5.74) is 1.16. The number of nitrogens with zero attached hydrogens (tertiary/aromatic N) is 3. The maximum absolute atomic E-state index is 13.1. The van der Waals surface area contributed by atoms with E-state index in [1.807, 2.05) is 39.0 Å². The Morgan fingerprint density at radius 1 is 1.16 bits per heavy atom. The van der Waals surface area contributed by atoms with Gasteiger partial charge in [-0.1, -0.05) is 29.8 Å². The number of rotatable bonds is 8. The molecule has 0 N–H and O–H groups in total. The number of aromatic nitrogens is 2. The fourth-order valence-electron chi connectivity index (χ4n) is 3.02. The van der Waals surface area contributed by atoms with Crippen molar-refractivity contribution in [2.75, 3.05) is 6.61 Å². The summed E-state index contributed by atoms with van der Waals surface area (Å²) in [5.74, 6) is 1.82. The van der Waals surface area contributed by atoms with Gasteiger partial charge in [-0.2, -0.15) is 9.78 Å². The van der Waals surface area contributed by atoms with Gasteiger partial charge in [-0.15, -0.1) is 0 Å². The highest BCUT2D eigenvalue weighted by Gasteiger charge is 2.19. The largest absolute Gasteiger partial charge is 0.490 e. The molecule has 0 saturated carbocycles. The molecule has 1 atom stereocenters. The second kappa shape index (κ2) is 10.9. The van der Waals surface area contributed by atoms with E-state index in [9.17, 15) is 4.79 Å². The van der Waals surface area contributed by atoms with Crippen LogP contribution in [0.25, 0.3) is 10.9 Å². The van der Waals surface area contributed by atoms with Crippen LogP contribution in [0.2, 0.25) is 0 Å². The number of aryl methyl sites for hydroxylation is 1. The second-order valence-corrected chi connectivity index (χ2v) is 9.60. The minimum Gasteiger partial charge on any atom is -0.490 e. The molecule has 170 valence electrons. The number of hydrogen-bond donors (Lipinski definition) is 0. The lowest BCUT2D eigenvalue weighted by atomic mass is 10.2. The SMILES string of the molecule is CCOc1cc(C=Nn2c(CC)nc3ccc(Br)cc3c2=O)c(Br)c(Br)c1O[C@@H](C)CC. The zero-order chi connectivity index (χ0) is 23.4. The molecule has 0 bridgehead atoms. The number of halogens is 3. The van der Waals surface area contributed by atoms with E-state index in [4.69, 9.17) is 9.47 Å². The highest BCUT2D eigenvalue weighted by Crippen LogP contribution is 2.43. The van der Waals surface area contributed by atoms with Crippen LogP contribution in [0.4, 0.5) is 0 Å². The van der Waals surface area contributed by atoms with Crippen molar-refractivity contribution in [3.63, 3.8) is 0 Å². The third-order valence-electron chi connectivity index (χ3n) is 4.85. The number of ether oxygens (including phenoxy) is 2. The molecule has 0 aliphatic carbocycles. The minimum absolute atomic E-state index is 0.0330. The Morgan fingerprint density at radius 3 is 2.56 bits per heavy atom. The fourth-order valence-corrected chi connectivity index (χ4v) is 4.29. The third-order valence-corrected chi connectivity index (χ3v) is 7.49. The smallest absolute Gasteiger partial charge is 0.282 e. The first-order chi connectivity index (χ1) is 15.3. The third kappa shape index (κ3) is 5.26. The van der Waals surface area contributed by atoms with Gasteiger partial charge in [0.25, 0.3) is 5.56 Å². The fraction of sp³-hybridized carbons (Fsp3) is 0.348. The average Bonchev–Trinajstić information content (AvgIpc) is 2.78. The van der Waals surface area contributed by atoms with E-state index in [1.165, 1.54) is 4.68 Å². The lowest BCUT2D eigenvalue weighted by Crippen LogP contribution is -2.22. The molecule has 0 radical (unpaired) electrons. The van der Waals surface area contributed by atoms with Crippen LogP contribution >= 0.6 is 47.8 Å². The normalized spacial score (nSPS) is 12.5. The van der Waals surface area contributed by atoms with Gasteiger partial charge in [0.05, 0.1) is 34.3 Å². The van der Waals surface area contributed by atoms with E-state index in [0.717, 1.165) is 25.4 Å². The molecular formula is C23H24Br3N3O3. The Morgan fingerprint density at radius 2 is 1.91 bits per heavy atom. The molecule has 0 saturated heterocycles. The maximum Gasteiger partial charge on any atom is 0.282 e. The van der Waals surface area contributed by atoms with Crippen molar-refractivity contribution in [1.82, 2.24) is 9.66 Å². The zero-order valence-electron chi connectivity index (χ0n) is 18.3. The van der Waals surface area contributed by atoms with Crippen LogP contribution in [-0.2, 0) is 6.42 Å². The molecule has 0 unspecified atom stereocenters. The van der Waals surface area contributed by atoms with Crippen molar-refractivity contribution in [2.24, 2.45) is 5.10 Å². The quantitative estimate of drug-likeness (QED) is 0.260. The molecule has 0 amide bonds. The van der Waals surface area contributed by atoms with Crippen LogP contribution in [0.5, 0.6) is 11.5 Å². The predicted molar refractivity (Wildman–Crippen MR) is 139 cm³/mol. The standard InChI is InChI=1S/C23H24Br3N3O3/c1-5-13(4)32-22-18(31-7-3)10-14(20(25)21(22)26)12-27-29-19(6-2)28-17-9-8-15(24)11-16(17)23(29)30/h8-13H,5-7H2,1-4H3/t13-/m0/s1. The Labute approximate surface area is 212 Å². The molecule has 0 aliphatic heterocycles. The van der Waals surface area contributed by atoms with Crippen LogP contribution in [0.3, 0.4) is 0 Å². The zero-order valence-corrected chi connectivity index (χ0v) is 23.0. The number of fused-ring (bicyclic) bond motifs is 1. The first-order valence-corrected chi connectivity index (χ1v) is 12.7. The highest BCUT2D eigenvalue weighted by molar-refractivity contribution is 9.13. The van der Waals surface area contributed by atoms with Gasteiger partial charge in [-0.25, -0.2) is 4.98 Å². The Bertz CT molecular complexity index is 1220. The summed E-state index contributed by atoms with van der Waals surface area (Å²) < 4.78 is 15.5. The van der Waals surface area contributed by atoms with Crippen molar-refractivity contribution in [3.8, 4) is 11.5 Å². The first kappa shape index (κ1) is 24.9. The predicted octanol–water partition coefficient (Wildman–Crippen LogP) is 6.70. The maximum atomic E-state index is 13.1. The minimum atomic E-state index is -0.221. The summed E-state index contributed by atoms with van der Waals surface area (Å²) in [6.45, 7) is 8.43.